The third-order valence-corrected chi connectivity index (χ3v) is 5.58. The molecule has 1 aromatic rings. The molecule has 1 aromatic carbocycles. The molecule has 0 heterocycles. The van der Waals surface area contributed by atoms with Gasteiger partial charge in [-0.2, -0.15) is 0 Å². The highest BCUT2D eigenvalue weighted by Crippen LogP contribution is 2.25. The molecule has 5 heteroatoms. The van der Waals surface area contributed by atoms with Crippen LogP contribution in [0.15, 0.2) is 17.0 Å². The first-order valence-electron chi connectivity index (χ1n) is 6.58. The molecule has 2 atom stereocenters. The number of aryl methyl sites for hydroxylation is 1. The van der Waals surface area contributed by atoms with Crippen LogP contribution < -0.4 is 10.5 Å². The summed E-state index contributed by atoms with van der Waals surface area (Å²) < 4.78 is 27.7. The maximum Gasteiger partial charge on any atom is 0.243 e. The van der Waals surface area contributed by atoms with E-state index < -0.39 is 10.0 Å². The molecule has 4 nitrogen and oxygen atoms in total. The van der Waals surface area contributed by atoms with Crippen molar-refractivity contribution in [1.29, 1.82) is 0 Å². The van der Waals surface area contributed by atoms with Crippen molar-refractivity contribution < 1.29 is 8.42 Å². The van der Waals surface area contributed by atoms with Crippen LogP contribution in [0.3, 0.4) is 0 Å². The van der Waals surface area contributed by atoms with E-state index in [0.29, 0.717) is 11.3 Å². The smallest absolute Gasteiger partial charge is 0.243 e. The second-order valence-electron chi connectivity index (χ2n) is 5.22. The van der Waals surface area contributed by atoms with Gasteiger partial charge in [-0.25, -0.2) is 13.1 Å². The number of anilines is 1. The highest BCUT2D eigenvalue weighted by Gasteiger charge is 2.24. The largest absolute Gasteiger partial charge is 0.398 e. The molecule has 19 heavy (non-hydrogen) atoms. The van der Waals surface area contributed by atoms with Crippen LogP contribution in [0.2, 0.25) is 0 Å². The lowest BCUT2D eigenvalue weighted by Crippen LogP contribution is -2.37. The molecule has 0 saturated heterocycles. The van der Waals surface area contributed by atoms with Crippen molar-refractivity contribution in [2.75, 3.05) is 5.73 Å². The van der Waals surface area contributed by atoms with Gasteiger partial charge in [0.2, 0.25) is 10.0 Å². The maximum atomic E-state index is 12.5. The van der Waals surface area contributed by atoms with Crippen molar-refractivity contribution in [3.63, 3.8) is 0 Å². The molecule has 0 radical (unpaired) electrons. The zero-order chi connectivity index (χ0) is 14.8. The third-order valence-electron chi connectivity index (χ3n) is 3.81. The van der Waals surface area contributed by atoms with Gasteiger partial charge in [0.05, 0.1) is 5.69 Å². The summed E-state index contributed by atoms with van der Waals surface area (Å²) in [7, 11) is -3.57. The summed E-state index contributed by atoms with van der Waals surface area (Å²) in [5.74, 6) is 0.279. The monoisotopic (exact) mass is 284 g/mol. The minimum Gasteiger partial charge on any atom is -0.398 e. The number of hydrogen-bond donors (Lipinski definition) is 2. The third kappa shape index (κ3) is 3.48. The number of nitrogens with one attached hydrogen (secondary N) is 1. The number of nitrogens with two attached hydrogens (primary N) is 1. The number of sulfonamides is 1. The molecule has 3 N–H and O–H groups in total. The molecule has 2 unspecified atom stereocenters. The summed E-state index contributed by atoms with van der Waals surface area (Å²) in [6.07, 6.45) is 0.923. The highest BCUT2D eigenvalue weighted by molar-refractivity contribution is 7.89. The fourth-order valence-electron chi connectivity index (χ4n) is 1.94. The van der Waals surface area contributed by atoms with E-state index in [1.165, 1.54) is 0 Å². The van der Waals surface area contributed by atoms with Gasteiger partial charge < -0.3 is 5.73 Å². The number of nitrogen functional groups attached to an aromatic ring is 1. The molecule has 0 aliphatic rings. The summed E-state index contributed by atoms with van der Waals surface area (Å²) in [5.41, 5.74) is 7.77. The standard InChI is InChI=1S/C14H24N2O2S/c1-6-9(2)12(5)16-19(17,18)14-11(4)10(3)7-8-13(14)15/h7-9,12,16H,6,15H2,1-5H3. The predicted molar refractivity (Wildman–Crippen MR) is 79.6 cm³/mol. The predicted octanol–water partition coefficient (Wildman–Crippen LogP) is 2.60. The van der Waals surface area contributed by atoms with Crippen LogP contribution in [0, 0.1) is 19.8 Å². The number of benzene rings is 1. The summed E-state index contributed by atoms with van der Waals surface area (Å²) in [6.45, 7) is 9.62. The lowest BCUT2D eigenvalue weighted by atomic mass is 10.0. The van der Waals surface area contributed by atoms with Crippen molar-refractivity contribution in [2.24, 2.45) is 5.92 Å². The quantitative estimate of drug-likeness (QED) is 0.816. The Balaban J connectivity index is 3.18. The van der Waals surface area contributed by atoms with Gasteiger partial charge in [0, 0.05) is 6.04 Å². The molecule has 0 aliphatic heterocycles. The van der Waals surface area contributed by atoms with E-state index in [4.69, 9.17) is 5.73 Å². The first kappa shape index (κ1) is 16.0. The Hall–Kier alpha value is -1.07. The average Bonchev–Trinajstić information content (AvgIpc) is 2.32. The number of rotatable bonds is 5. The van der Waals surface area contributed by atoms with Crippen molar-refractivity contribution in [1.82, 2.24) is 4.72 Å². The van der Waals surface area contributed by atoms with Crippen LogP contribution in [-0.4, -0.2) is 14.5 Å². The van der Waals surface area contributed by atoms with Crippen molar-refractivity contribution in [2.45, 2.75) is 52.0 Å². The van der Waals surface area contributed by atoms with Gasteiger partial charge in [0.15, 0.2) is 0 Å². The van der Waals surface area contributed by atoms with E-state index >= 15 is 0 Å². The molecule has 0 amide bonds. The molecule has 0 spiro atoms. The van der Waals surface area contributed by atoms with Gasteiger partial charge in [0.1, 0.15) is 4.90 Å². The molecule has 0 aromatic heterocycles. The SMILES string of the molecule is CCC(C)C(C)NS(=O)(=O)c1c(N)ccc(C)c1C. The van der Waals surface area contributed by atoms with Crippen LogP contribution in [0.4, 0.5) is 5.69 Å². The van der Waals surface area contributed by atoms with Gasteiger partial charge >= 0.3 is 0 Å². The Morgan fingerprint density at radius 1 is 1.26 bits per heavy atom. The van der Waals surface area contributed by atoms with Gasteiger partial charge in [-0.15, -0.1) is 0 Å². The van der Waals surface area contributed by atoms with Crippen LogP contribution in [0.1, 0.15) is 38.3 Å². The Morgan fingerprint density at radius 2 is 1.84 bits per heavy atom. The fourth-order valence-corrected chi connectivity index (χ4v) is 3.72. The lowest BCUT2D eigenvalue weighted by Gasteiger charge is -2.21. The van der Waals surface area contributed by atoms with E-state index in [1.54, 1.807) is 13.0 Å². The second kappa shape index (κ2) is 5.92. The molecule has 1 rings (SSSR count). The van der Waals surface area contributed by atoms with E-state index in [-0.39, 0.29) is 16.9 Å². The Morgan fingerprint density at radius 3 is 2.37 bits per heavy atom. The molecule has 108 valence electrons. The summed E-state index contributed by atoms with van der Waals surface area (Å²) >= 11 is 0. The minimum atomic E-state index is -3.57. The van der Waals surface area contributed by atoms with Crippen molar-refractivity contribution >= 4 is 15.7 Å². The molecule has 0 aliphatic carbocycles. The molecule has 0 fully saturated rings. The Kier molecular flexibility index (Phi) is 4.98. The molecular formula is C14H24N2O2S. The highest BCUT2D eigenvalue weighted by atomic mass is 32.2. The van der Waals surface area contributed by atoms with Gasteiger partial charge in [-0.3, -0.25) is 0 Å². The van der Waals surface area contributed by atoms with Gasteiger partial charge in [-0.05, 0) is 43.9 Å². The van der Waals surface area contributed by atoms with Crippen molar-refractivity contribution in [3.8, 4) is 0 Å². The van der Waals surface area contributed by atoms with E-state index in [9.17, 15) is 8.42 Å². The second-order valence-corrected chi connectivity index (χ2v) is 6.87. The lowest BCUT2D eigenvalue weighted by molar-refractivity contribution is 0.434. The normalized spacial score (nSPS) is 15.2. The minimum absolute atomic E-state index is 0.116. The molecular weight excluding hydrogens is 260 g/mol. The van der Waals surface area contributed by atoms with Gasteiger partial charge in [0.25, 0.3) is 0 Å². The Labute approximate surface area is 116 Å². The van der Waals surface area contributed by atoms with Crippen LogP contribution >= 0.6 is 0 Å². The summed E-state index contributed by atoms with van der Waals surface area (Å²) in [6, 6.07) is 3.36. The van der Waals surface area contributed by atoms with E-state index in [1.807, 2.05) is 33.8 Å². The summed E-state index contributed by atoms with van der Waals surface area (Å²) in [4.78, 5) is 0.211. The van der Waals surface area contributed by atoms with Crippen molar-refractivity contribution in [3.05, 3.63) is 23.3 Å². The van der Waals surface area contributed by atoms with Crippen LogP contribution in [0.25, 0.3) is 0 Å². The zero-order valence-corrected chi connectivity index (χ0v) is 13.1. The van der Waals surface area contributed by atoms with Crippen LogP contribution in [-0.2, 0) is 10.0 Å². The first-order chi connectivity index (χ1) is 8.70. The molecule has 0 bridgehead atoms. The maximum absolute atomic E-state index is 12.5. The van der Waals surface area contributed by atoms with E-state index in [2.05, 4.69) is 4.72 Å². The van der Waals surface area contributed by atoms with Crippen LogP contribution in [0.5, 0.6) is 0 Å². The zero-order valence-electron chi connectivity index (χ0n) is 12.3. The average molecular weight is 284 g/mol. The van der Waals surface area contributed by atoms with Gasteiger partial charge in [-0.1, -0.05) is 26.3 Å². The first-order valence-corrected chi connectivity index (χ1v) is 8.07. The fraction of sp³-hybridized carbons (Fsp3) is 0.571. The van der Waals surface area contributed by atoms with E-state index in [0.717, 1.165) is 12.0 Å². The Bertz CT molecular complexity index is 553. The topological polar surface area (TPSA) is 72.2 Å². The molecule has 0 saturated carbocycles. The number of hydrogen-bond acceptors (Lipinski definition) is 3. The summed E-state index contributed by atoms with van der Waals surface area (Å²) in [5, 5.41) is 0.